The zero-order chi connectivity index (χ0) is 12.4. The number of hydrogen-bond acceptors (Lipinski definition) is 2. The molecule has 1 radical (unpaired) electrons. The Hall–Kier alpha value is -0.450. The van der Waals surface area contributed by atoms with Gasteiger partial charge in [0, 0.05) is 13.0 Å². The molecule has 1 saturated carbocycles. The van der Waals surface area contributed by atoms with E-state index >= 15 is 0 Å². The number of rotatable bonds is 2. The second kappa shape index (κ2) is 5.46. The fourth-order valence-electron chi connectivity index (χ4n) is 2.38. The third-order valence-corrected chi connectivity index (χ3v) is 4.33. The first-order chi connectivity index (χ1) is 8.06. The smallest absolute Gasteiger partial charge is 0.226 e. The molecule has 2 aliphatic rings. The van der Waals surface area contributed by atoms with Crippen LogP contribution in [0.1, 0.15) is 25.7 Å². The number of hydrogen-bond donors (Lipinski definition) is 0. The molecule has 17 heavy (non-hydrogen) atoms. The topological polar surface area (TPSA) is 37.4 Å². The van der Waals surface area contributed by atoms with Gasteiger partial charge in [-0.05, 0) is 25.2 Å². The summed E-state index contributed by atoms with van der Waals surface area (Å²) in [6.07, 6.45) is 3.18. The summed E-state index contributed by atoms with van der Waals surface area (Å²) in [6, 6.07) is 0. The Labute approximate surface area is 109 Å². The zero-order valence-corrected chi connectivity index (χ0v) is 11.2. The van der Waals surface area contributed by atoms with Crippen molar-refractivity contribution in [1.82, 2.24) is 4.90 Å². The lowest BCUT2D eigenvalue weighted by molar-refractivity contribution is -0.128. The molecule has 0 aromatic rings. The van der Waals surface area contributed by atoms with Gasteiger partial charge in [-0.15, -0.1) is 0 Å². The third-order valence-electron chi connectivity index (χ3n) is 3.44. The van der Waals surface area contributed by atoms with Crippen LogP contribution in [0.2, 0.25) is 0 Å². The molecule has 5 heteroatoms. The molecule has 1 aliphatic heterocycles. The molecule has 0 bridgehead atoms. The minimum atomic E-state index is -0.871. The number of ketones is 1. The van der Waals surface area contributed by atoms with E-state index in [1.54, 1.807) is 11.3 Å². The number of carbonyl (C=O) groups is 2. The fourth-order valence-corrected chi connectivity index (χ4v) is 3.08. The molecule has 1 amide bonds. The molecule has 1 heterocycles. The highest BCUT2D eigenvalue weighted by Crippen LogP contribution is 2.29. The van der Waals surface area contributed by atoms with Crippen molar-refractivity contribution >= 4 is 27.6 Å². The van der Waals surface area contributed by atoms with Gasteiger partial charge in [0.15, 0.2) is 0 Å². The number of nitrogens with zero attached hydrogens (tertiary/aromatic N) is 1. The summed E-state index contributed by atoms with van der Waals surface area (Å²) in [7, 11) is 0. The summed E-state index contributed by atoms with van der Waals surface area (Å²) in [5, 5.41) is 0. The van der Waals surface area contributed by atoms with E-state index in [1.165, 1.54) is 0 Å². The van der Waals surface area contributed by atoms with Gasteiger partial charge in [-0.3, -0.25) is 9.59 Å². The van der Waals surface area contributed by atoms with Gasteiger partial charge in [0.2, 0.25) is 5.91 Å². The van der Waals surface area contributed by atoms with Crippen LogP contribution >= 0.6 is 15.9 Å². The molecule has 2 fully saturated rings. The van der Waals surface area contributed by atoms with Crippen molar-refractivity contribution in [3.8, 4) is 0 Å². The van der Waals surface area contributed by atoms with Crippen molar-refractivity contribution in [3.05, 3.63) is 6.42 Å². The van der Waals surface area contributed by atoms with Gasteiger partial charge in [0.25, 0.3) is 0 Å². The molecule has 3 atom stereocenters. The Morgan fingerprint density at radius 1 is 1.47 bits per heavy atom. The largest absolute Gasteiger partial charge is 0.339 e. The SMILES string of the molecule is O=C1CCC([CH]C(=O)N2CC[C@H](F)C2)CC1Br. The van der Waals surface area contributed by atoms with Crippen LogP contribution in [0, 0.1) is 12.3 Å². The highest BCUT2D eigenvalue weighted by atomic mass is 79.9. The Morgan fingerprint density at radius 2 is 2.24 bits per heavy atom. The van der Waals surface area contributed by atoms with Crippen LogP contribution in [0.25, 0.3) is 0 Å². The average molecular weight is 305 g/mol. The number of amides is 1. The van der Waals surface area contributed by atoms with Crippen LogP contribution < -0.4 is 0 Å². The molecule has 0 spiro atoms. The van der Waals surface area contributed by atoms with Gasteiger partial charge in [-0.25, -0.2) is 4.39 Å². The number of halogens is 2. The minimum Gasteiger partial charge on any atom is -0.339 e. The molecule has 0 N–H and O–H groups in total. The minimum absolute atomic E-state index is 0.0794. The van der Waals surface area contributed by atoms with Crippen LogP contribution in [0.3, 0.4) is 0 Å². The highest BCUT2D eigenvalue weighted by Gasteiger charge is 2.31. The standard InChI is InChI=1S/C12H16BrFNO2/c13-10-5-8(1-2-11(10)16)6-12(17)15-4-3-9(14)7-15/h6,8-10H,1-5,7H2/t8?,9-,10?/m0/s1. The quantitative estimate of drug-likeness (QED) is 0.731. The van der Waals surface area contributed by atoms with Crippen LogP contribution in [-0.4, -0.2) is 40.7 Å². The Bertz CT molecular complexity index is 324. The molecule has 95 valence electrons. The Balaban J connectivity index is 1.81. The molecule has 1 aliphatic carbocycles. The van der Waals surface area contributed by atoms with Gasteiger partial charge in [0.05, 0.1) is 17.8 Å². The van der Waals surface area contributed by atoms with Crippen LogP contribution in [0.5, 0.6) is 0 Å². The van der Waals surface area contributed by atoms with Gasteiger partial charge in [-0.2, -0.15) is 0 Å². The number of Topliss-reactive ketones (excluding diaryl/α,β-unsaturated/α-hetero) is 1. The second-order valence-electron chi connectivity index (χ2n) is 4.81. The maximum Gasteiger partial charge on any atom is 0.226 e. The lowest BCUT2D eigenvalue weighted by atomic mass is 9.86. The van der Waals surface area contributed by atoms with Crippen molar-refractivity contribution in [2.45, 2.75) is 36.7 Å². The average Bonchev–Trinajstić information content (AvgIpc) is 2.70. The molecule has 2 unspecified atom stereocenters. The van der Waals surface area contributed by atoms with Crippen molar-refractivity contribution in [3.63, 3.8) is 0 Å². The lowest BCUT2D eigenvalue weighted by Gasteiger charge is -2.25. The molecule has 0 aromatic carbocycles. The maximum absolute atomic E-state index is 13.0. The van der Waals surface area contributed by atoms with E-state index in [4.69, 9.17) is 0 Å². The van der Waals surface area contributed by atoms with E-state index in [0.717, 1.165) is 6.42 Å². The van der Waals surface area contributed by atoms with Crippen LogP contribution in [0.4, 0.5) is 4.39 Å². The van der Waals surface area contributed by atoms with E-state index in [-0.39, 0.29) is 29.0 Å². The number of carbonyl (C=O) groups excluding carboxylic acids is 2. The normalized spacial score (nSPS) is 34.1. The molecular weight excluding hydrogens is 289 g/mol. The molecule has 1 saturated heterocycles. The van der Waals surface area contributed by atoms with Crippen LogP contribution in [-0.2, 0) is 9.59 Å². The predicted octanol–water partition coefficient (Wildman–Crippen LogP) is 1.89. The van der Waals surface area contributed by atoms with E-state index in [1.807, 2.05) is 0 Å². The number of likely N-dealkylation sites (tertiary alicyclic amines) is 1. The summed E-state index contributed by atoms with van der Waals surface area (Å²) < 4.78 is 13.0. The summed E-state index contributed by atoms with van der Waals surface area (Å²) in [4.78, 5) is 24.6. The summed E-state index contributed by atoms with van der Waals surface area (Å²) in [6.45, 7) is 0.735. The zero-order valence-electron chi connectivity index (χ0n) is 9.57. The highest BCUT2D eigenvalue weighted by molar-refractivity contribution is 9.10. The first-order valence-corrected chi connectivity index (χ1v) is 6.92. The predicted molar refractivity (Wildman–Crippen MR) is 65.5 cm³/mol. The monoisotopic (exact) mass is 304 g/mol. The first-order valence-electron chi connectivity index (χ1n) is 6.01. The maximum atomic E-state index is 13.0. The lowest BCUT2D eigenvalue weighted by Crippen LogP contribution is -2.33. The van der Waals surface area contributed by atoms with E-state index in [2.05, 4.69) is 15.9 Å². The van der Waals surface area contributed by atoms with Crippen molar-refractivity contribution < 1.29 is 14.0 Å². The Morgan fingerprint density at radius 3 is 2.82 bits per heavy atom. The molecule has 0 aromatic heterocycles. The van der Waals surface area contributed by atoms with Crippen molar-refractivity contribution in [2.75, 3.05) is 13.1 Å². The van der Waals surface area contributed by atoms with Crippen molar-refractivity contribution in [1.29, 1.82) is 0 Å². The summed E-state index contributed by atoms with van der Waals surface area (Å²) >= 11 is 3.32. The second-order valence-corrected chi connectivity index (χ2v) is 5.91. The summed E-state index contributed by atoms with van der Waals surface area (Å²) in [5.74, 6) is 0.277. The van der Waals surface area contributed by atoms with Gasteiger partial charge in [-0.1, -0.05) is 15.9 Å². The third kappa shape index (κ3) is 3.27. The number of alkyl halides is 2. The Kier molecular flexibility index (Phi) is 4.17. The van der Waals surface area contributed by atoms with Gasteiger partial charge in [0.1, 0.15) is 12.0 Å². The van der Waals surface area contributed by atoms with Gasteiger partial charge >= 0.3 is 0 Å². The van der Waals surface area contributed by atoms with Crippen LogP contribution in [0.15, 0.2) is 0 Å². The van der Waals surface area contributed by atoms with E-state index < -0.39 is 6.17 Å². The molecule has 2 rings (SSSR count). The fraction of sp³-hybridized carbons (Fsp3) is 0.750. The molecular formula is C12H16BrFNO2. The molecule has 3 nitrogen and oxygen atoms in total. The van der Waals surface area contributed by atoms with Crippen molar-refractivity contribution in [2.24, 2.45) is 5.92 Å². The van der Waals surface area contributed by atoms with Gasteiger partial charge < -0.3 is 4.90 Å². The first kappa shape index (κ1) is 13.0. The van der Waals surface area contributed by atoms with E-state index in [0.29, 0.717) is 25.8 Å². The summed E-state index contributed by atoms with van der Waals surface area (Å²) in [5.41, 5.74) is 0. The van der Waals surface area contributed by atoms with E-state index in [9.17, 15) is 14.0 Å².